The molecule has 0 radical (unpaired) electrons. The third-order valence-corrected chi connectivity index (χ3v) is 4.96. The molecule has 0 saturated carbocycles. The summed E-state index contributed by atoms with van der Waals surface area (Å²) in [7, 11) is 0. The number of likely N-dealkylation sites (tertiary alicyclic amines) is 1. The van der Waals surface area contributed by atoms with Crippen LogP contribution in [0.2, 0.25) is 0 Å². The van der Waals surface area contributed by atoms with Gasteiger partial charge in [-0.15, -0.1) is 11.3 Å². The zero-order valence-corrected chi connectivity index (χ0v) is 15.1. The maximum atomic E-state index is 12.1. The lowest BCUT2D eigenvalue weighted by Gasteiger charge is -2.35. The van der Waals surface area contributed by atoms with Crippen molar-refractivity contribution in [3.63, 3.8) is 0 Å². The molecule has 3 rings (SSSR count). The van der Waals surface area contributed by atoms with E-state index in [1.165, 1.54) is 0 Å². The molecule has 7 nitrogen and oxygen atoms in total. The molecule has 0 spiro atoms. The van der Waals surface area contributed by atoms with Gasteiger partial charge in [0, 0.05) is 30.6 Å². The number of benzene rings is 1. The third-order valence-electron chi connectivity index (χ3n) is 4.33. The smallest absolute Gasteiger partial charge is 0.251 e. The van der Waals surface area contributed by atoms with Crippen LogP contribution in [0.15, 0.2) is 41.2 Å². The fraction of sp³-hybridized carbons (Fsp3) is 0.389. The average Bonchev–Trinajstić information content (AvgIpc) is 3.16. The molecule has 1 aliphatic heterocycles. The summed E-state index contributed by atoms with van der Waals surface area (Å²) in [5.41, 5.74) is 3.30. The fourth-order valence-corrected chi connectivity index (χ4v) is 3.51. The lowest BCUT2D eigenvalue weighted by atomic mass is 10.0. The molecule has 0 bridgehead atoms. The Labute approximate surface area is 156 Å². The molecule has 1 saturated heterocycles. The highest BCUT2D eigenvalue weighted by molar-refractivity contribution is 7.07. The minimum Gasteiger partial charge on any atom is -0.390 e. The van der Waals surface area contributed by atoms with E-state index < -0.39 is 6.10 Å². The number of piperidine rings is 1. The van der Waals surface area contributed by atoms with Gasteiger partial charge in [0.1, 0.15) is 0 Å². The zero-order valence-electron chi connectivity index (χ0n) is 14.3. The standard InChI is InChI=1S/C18H22N4O3S/c23-16-10-22(9-14-11-26-12-20-14)7-6-15(16)21-17(24)8-19-18(25)13-4-2-1-3-5-13/h1-5,11-12,15-16,23H,6-10H2,(H,19,25)(H,21,24)/t15-,16-/m1/s1. The number of rotatable bonds is 6. The van der Waals surface area contributed by atoms with Crippen LogP contribution >= 0.6 is 11.3 Å². The molecular weight excluding hydrogens is 352 g/mol. The maximum absolute atomic E-state index is 12.1. The zero-order chi connectivity index (χ0) is 18.4. The summed E-state index contributed by atoms with van der Waals surface area (Å²) >= 11 is 1.55. The van der Waals surface area contributed by atoms with Crippen molar-refractivity contribution in [1.82, 2.24) is 20.5 Å². The van der Waals surface area contributed by atoms with E-state index in [1.807, 2.05) is 11.4 Å². The minimum atomic E-state index is -0.642. The van der Waals surface area contributed by atoms with Crippen LogP contribution in [0.4, 0.5) is 0 Å². The number of hydrogen-bond acceptors (Lipinski definition) is 6. The molecule has 2 heterocycles. The molecule has 138 valence electrons. The topological polar surface area (TPSA) is 94.6 Å². The predicted molar refractivity (Wildman–Crippen MR) is 98.7 cm³/mol. The van der Waals surface area contributed by atoms with Crippen molar-refractivity contribution < 1.29 is 14.7 Å². The summed E-state index contributed by atoms with van der Waals surface area (Å²) in [6, 6.07) is 8.44. The SMILES string of the molecule is O=C(CNC(=O)c1ccccc1)N[C@@H]1CCN(Cc2cscn2)C[C@H]1O. The van der Waals surface area contributed by atoms with Crippen LogP contribution in [0, 0.1) is 0 Å². The Hall–Kier alpha value is -2.29. The first-order valence-corrected chi connectivity index (χ1v) is 9.46. The summed E-state index contributed by atoms with van der Waals surface area (Å²) in [5.74, 6) is -0.592. The Kier molecular flexibility index (Phi) is 6.32. The van der Waals surface area contributed by atoms with E-state index in [0.717, 1.165) is 12.2 Å². The molecule has 26 heavy (non-hydrogen) atoms. The number of aliphatic hydroxyl groups is 1. The van der Waals surface area contributed by atoms with Gasteiger partial charge in [0.2, 0.25) is 5.91 Å². The number of carbonyl (C=O) groups excluding carboxylic acids is 2. The van der Waals surface area contributed by atoms with Gasteiger partial charge >= 0.3 is 0 Å². The lowest BCUT2D eigenvalue weighted by molar-refractivity contribution is -0.122. The van der Waals surface area contributed by atoms with Crippen molar-refractivity contribution in [2.45, 2.75) is 25.1 Å². The monoisotopic (exact) mass is 374 g/mol. The fourth-order valence-electron chi connectivity index (χ4n) is 2.96. The van der Waals surface area contributed by atoms with Crippen molar-refractivity contribution in [2.75, 3.05) is 19.6 Å². The molecule has 2 amide bonds. The summed E-state index contributed by atoms with van der Waals surface area (Å²) in [4.78, 5) is 30.4. The second kappa shape index (κ2) is 8.88. The van der Waals surface area contributed by atoms with Gasteiger partial charge in [0.15, 0.2) is 0 Å². The first-order chi connectivity index (χ1) is 12.6. The molecule has 2 atom stereocenters. The Balaban J connectivity index is 1.41. The van der Waals surface area contributed by atoms with Gasteiger partial charge in [-0.2, -0.15) is 0 Å². The number of hydrogen-bond donors (Lipinski definition) is 3. The number of carbonyl (C=O) groups is 2. The molecule has 1 aromatic carbocycles. The molecule has 8 heteroatoms. The Morgan fingerprint density at radius 3 is 2.81 bits per heavy atom. The number of β-amino-alcohol motifs (C(OH)–C–C–N with tert-alkyl or cyclic N) is 1. The molecule has 3 N–H and O–H groups in total. The summed E-state index contributed by atoms with van der Waals surface area (Å²) in [6.07, 6.45) is 0.0140. The van der Waals surface area contributed by atoms with Crippen LogP contribution in [0.1, 0.15) is 22.5 Å². The molecular formula is C18H22N4O3S. The highest BCUT2D eigenvalue weighted by atomic mass is 32.1. The number of aromatic nitrogens is 1. The quantitative estimate of drug-likeness (QED) is 0.689. The van der Waals surface area contributed by atoms with E-state index >= 15 is 0 Å². The first-order valence-electron chi connectivity index (χ1n) is 8.52. The van der Waals surface area contributed by atoms with Crippen LogP contribution in [0.25, 0.3) is 0 Å². The number of amides is 2. The van der Waals surface area contributed by atoms with Gasteiger partial charge in [0.25, 0.3) is 5.91 Å². The van der Waals surface area contributed by atoms with Crippen LogP contribution < -0.4 is 10.6 Å². The molecule has 2 aromatic rings. The van der Waals surface area contributed by atoms with Crippen LogP contribution in [-0.2, 0) is 11.3 Å². The summed E-state index contributed by atoms with van der Waals surface area (Å²) < 4.78 is 0. The van der Waals surface area contributed by atoms with Crippen molar-refractivity contribution in [3.05, 3.63) is 52.5 Å². The first kappa shape index (κ1) is 18.5. The lowest BCUT2D eigenvalue weighted by Crippen LogP contribution is -2.55. The highest BCUT2D eigenvalue weighted by Crippen LogP contribution is 2.14. The van der Waals surface area contributed by atoms with Gasteiger partial charge in [0.05, 0.1) is 29.9 Å². The number of nitrogens with zero attached hydrogens (tertiary/aromatic N) is 2. The number of nitrogens with one attached hydrogen (secondary N) is 2. The van der Waals surface area contributed by atoms with E-state index in [1.54, 1.807) is 41.1 Å². The molecule has 1 aliphatic rings. The Morgan fingerprint density at radius 2 is 2.12 bits per heavy atom. The number of aliphatic hydroxyl groups excluding tert-OH is 1. The normalized spacial score (nSPS) is 20.5. The second-order valence-electron chi connectivity index (χ2n) is 6.29. The molecule has 0 unspecified atom stereocenters. The van der Waals surface area contributed by atoms with Crippen molar-refractivity contribution in [2.24, 2.45) is 0 Å². The van der Waals surface area contributed by atoms with Gasteiger partial charge < -0.3 is 15.7 Å². The molecule has 0 aliphatic carbocycles. The van der Waals surface area contributed by atoms with Crippen LogP contribution in [0.3, 0.4) is 0 Å². The van der Waals surface area contributed by atoms with Crippen molar-refractivity contribution >= 4 is 23.2 Å². The second-order valence-corrected chi connectivity index (χ2v) is 7.01. The largest absolute Gasteiger partial charge is 0.390 e. The predicted octanol–water partition coefficient (Wildman–Crippen LogP) is 0.624. The van der Waals surface area contributed by atoms with Crippen LogP contribution in [0.5, 0.6) is 0 Å². The van der Waals surface area contributed by atoms with Crippen molar-refractivity contribution in [3.8, 4) is 0 Å². The minimum absolute atomic E-state index is 0.112. The van der Waals surface area contributed by atoms with E-state index in [2.05, 4.69) is 20.5 Å². The van der Waals surface area contributed by atoms with Gasteiger partial charge in [-0.25, -0.2) is 4.98 Å². The van der Waals surface area contributed by atoms with Gasteiger partial charge in [-0.1, -0.05) is 18.2 Å². The molecule has 1 fully saturated rings. The van der Waals surface area contributed by atoms with Crippen molar-refractivity contribution in [1.29, 1.82) is 0 Å². The van der Waals surface area contributed by atoms with Gasteiger partial charge in [-0.05, 0) is 18.6 Å². The Morgan fingerprint density at radius 1 is 1.31 bits per heavy atom. The molecule has 1 aromatic heterocycles. The maximum Gasteiger partial charge on any atom is 0.251 e. The van der Waals surface area contributed by atoms with E-state index in [0.29, 0.717) is 25.1 Å². The van der Waals surface area contributed by atoms with Gasteiger partial charge in [-0.3, -0.25) is 14.5 Å². The van der Waals surface area contributed by atoms with E-state index in [9.17, 15) is 14.7 Å². The third kappa shape index (κ3) is 5.10. The summed E-state index contributed by atoms with van der Waals surface area (Å²) in [6.45, 7) is 1.85. The highest BCUT2D eigenvalue weighted by Gasteiger charge is 2.29. The summed E-state index contributed by atoms with van der Waals surface area (Å²) in [5, 5.41) is 17.7. The van der Waals surface area contributed by atoms with Crippen LogP contribution in [-0.4, -0.2) is 58.6 Å². The Bertz CT molecular complexity index is 723. The van der Waals surface area contributed by atoms with E-state index in [4.69, 9.17) is 0 Å². The van der Waals surface area contributed by atoms with E-state index in [-0.39, 0.29) is 24.4 Å². The average molecular weight is 374 g/mol. The number of thiazole rings is 1.